The van der Waals surface area contributed by atoms with Gasteiger partial charge < -0.3 is 9.64 Å². The van der Waals surface area contributed by atoms with Gasteiger partial charge >= 0.3 is 0 Å². The van der Waals surface area contributed by atoms with Crippen molar-refractivity contribution in [2.24, 2.45) is 0 Å². The highest BCUT2D eigenvalue weighted by Crippen LogP contribution is 2.39. The topological polar surface area (TPSA) is 36.0 Å². The van der Waals surface area contributed by atoms with Crippen LogP contribution in [0.1, 0.15) is 31.2 Å². The molecule has 0 aromatic heterocycles. The fraction of sp³-hybridized carbons (Fsp3) is 0.667. The standard InChI is InChI=1S/C21H31N3O2/c1-18-4-6-19(7-5-18)24-11-3-9-21(20(24)25)8-2-10-23(21)13-12-22-14-16-26-17-15-22/h4-7H,2-3,8-17H2,1H3. The number of hydrogen-bond donors (Lipinski definition) is 0. The van der Waals surface area contributed by atoms with Gasteiger partial charge in [-0.15, -0.1) is 0 Å². The third-order valence-electron chi connectivity index (χ3n) is 6.37. The Morgan fingerprint density at radius 1 is 0.962 bits per heavy atom. The molecular formula is C21H31N3O2. The molecule has 0 N–H and O–H groups in total. The van der Waals surface area contributed by atoms with Gasteiger partial charge in [0.15, 0.2) is 0 Å². The third-order valence-corrected chi connectivity index (χ3v) is 6.37. The molecule has 0 saturated carbocycles. The minimum Gasteiger partial charge on any atom is -0.379 e. The van der Waals surface area contributed by atoms with E-state index in [4.69, 9.17) is 4.74 Å². The average molecular weight is 357 g/mol. The van der Waals surface area contributed by atoms with Crippen molar-refractivity contribution < 1.29 is 9.53 Å². The highest BCUT2D eigenvalue weighted by Gasteiger charge is 2.50. The van der Waals surface area contributed by atoms with E-state index in [1.807, 2.05) is 4.90 Å². The molecule has 1 aromatic carbocycles. The monoisotopic (exact) mass is 357 g/mol. The van der Waals surface area contributed by atoms with Crippen LogP contribution < -0.4 is 4.90 Å². The summed E-state index contributed by atoms with van der Waals surface area (Å²) in [6.07, 6.45) is 4.25. The van der Waals surface area contributed by atoms with Gasteiger partial charge in [0.25, 0.3) is 0 Å². The number of amides is 1. The minimum absolute atomic E-state index is 0.268. The van der Waals surface area contributed by atoms with Crippen LogP contribution in [0.15, 0.2) is 24.3 Å². The Bertz CT molecular complexity index is 627. The third kappa shape index (κ3) is 3.40. The number of rotatable bonds is 4. The van der Waals surface area contributed by atoms with E-state index in [9.17, 15) is 4.79 Å². The molecule has 26 heavy (non-hydrogen) atoms. The van der Waals surface area contributed by atoms with Crippen molar-refractivity contribution in [3.05, 3.63) is 29.8 Å². The first-order valence-electron chi connectivity index (χ1n) is 10.1. The van der Waals surface area contributed by atoms with E-state index in [0.29, 0.717) is 5.91 Å². The van der Waals surface area contributed by atoms with Gasteiger partial charge in [0.05, 0.1) is 13.2 Å². The summed E-state index contributed by atoms with van der Waals surface area (Å²) in [5.41, 5.74) is 2.02. The fourth-order valence-electron chi connectivity index (χ4n) is 4.83. The van der Waals surface area contributed by atoms with E-state index in [-0.39, 0.29) is 5.54 Å². The Kier molecular flexibility index (Phi) is 5.30. The zero-order chi connectivity index (χ0) is 18.0. The number of nitrogens with zero attached hydrogens (tertiary/aromatic N) is 3. The number of morpholine rings is 1. The van der Waals surface area contributed by atoms with Crippen LogP contribution in [0.25, 0.3) is 0 Å². The van der Waals surface area contributed by atoms with Gasteiger partial charge in [-0.2, -0.15) is 0 Å². The van der Waals surface area contributed by atoms with Crippen molar-refractivity contribution in [2.75, 3.05) is 57.4 Å². The fourth-order valence-corrected chi connectivity index (χ4v) is 4.83. The van der Waals surface area contributed by atoms with E-state index in [0.717, 1.165) is 83.9 Å². The molecule has 4 rings (SSSR count). The number of likely N-dealkylation sites (tertiary alicyclic amines) is 1. The number of hydrogen-bond acceptors (Lipinski definition) is 4. The van der Waals surface area contributed by atoms with Crippen LogP contribution in [0.2, 0.25) is 0 Å². The molecular weight excluding hydrogens is 326 g/mol. The minimum atomic E-state index is -0.268. The normalized spacial score (nSPS) is 28.2. The lowest BCUT2D eigenvalue weighted by Gasteiger charge is -2.45. The highest BCUT2D eigenvalue weighted by atomic mass is 16.5. The van der Waals surface area contributed by atoms with Gasteiger partial charge in [0.2, 0.25) is 5.91 Å². The summed E-state index contributed by atoms with van der Waals surface area (Å²) in [5.74, 6) is 0.326. The summed E-state index contributed by atoms with van der Waals surface area (Å²) in [6, 6.07) is 8.40. The number of benzene rings is 1. The first kappa shape index (κ1) is 18.0. The van der Waals surface area contributed by atoms with E-state index in [2.05, 4.69) is 41.0 Å². The molecule has 1 aromatic rings. The maximum Gasteiger partial charge on any atom is 0.247 e. The van der Waals surface area contributed by atoms with Gasteiger partial charge in [0.1, 0.15) is 5.54 Å². The molecule has 142 valence electrons. The number of piperidine rings is 1. The van der Waals surface area contributed by atoms with Crippen molar-refractivity contribution in [3.63, 3.8) is 0 Å². The second-order valence-electron chi connectivity index (χ2n) is 7.97. The molecule has 3 aliphatic rings. The van der Waals surface area contributed by atoms with Crippen LogP contribution in [0.5, 0.6) is 0 Å². The largest absolute Gasteiger partial charge is 0.379 e. The molecule has 1 spiro atoms. The Labute approximate surface area is 156 Å². The molecule has 0 bridgehead atoms. The molecule has 1 amide bonds. The number of anilines is 1. The summed E-state index contributed by atoms with van der Waals surface area (Å²) < 4.78 is 5.45. The lowest BCUT2D eigenvalue weighted by atomic mass is 9.85. The predicted octanol–water partition coefficient (Wildman–Crippen LogP) is 2.29. The Morgan fingerprint density at radius 3 is 2.38 bits per heavy atom. The van der Waals surface area contributed by atoms with Crippen LogP contribution in [-0.4, -0.2) is 73.7 Å². The molecule has 1 unspecified atom stereocenters. The Hall–Kier alpha value is -1.43. The van der Waals surface area contributed by atoms with Crippen LogP contribution in [-0.2, 0) is 9.53 Å². The first-order chi connectivity index (χ1) is 12.7. The molecule has 3 fully saturated rings. The second-order valence-corrected chi connectivity index (χ2v) is 7.97. The van der Waals surface area contributed by atoms with Crippen molar-refractivity contribution in [1.29, 1.82) is 0 Å². The van der Waals surface area contributed by atoms with E-state index in [1.54, 1.807) is 0 Å². The summed E-state index contributed by atoms with van der Waals surface area (Å²) in [6.45, 7) is 9.74. The number of carbonyl (C=O) groups is 1. The quantitative estimate of drug-likeness (QED) is 0.828. The van der Waals surface area contributed by atoms with Gasteiger partial charge in [-0.25, -0.2) is 0 Å². The Balaban J connectivity index is 1.47. The summed E-state index contributed by atoms with van der Waals surface area (Å²) in [5, 5.41) is 0. The first-order valence-corrected chi connectivity index (χ1v) is 10.1. The van der Waals surface area contributed by atoms with Crippen molar-refractivity contribution in [3.8, 4) is 0 Å². The van der Waals surface area contributed by atoms with Gasteiger partial charge in [0, 0.05) is 38.4 Å². The number of carbonyl (C=O) groups excluding carboxylic acids is 1. The maximum atomic E-state index is 13.5. The lowest BCUT2D eigenvalue weighted by molar-refractivity contribution is -0.131. The number of aryl methyl sites for hydroxylation is 1. The zero-order valence-electron chi connectivity index (χ0n) is 16.0. The second kappa shape index (κ2) is 7.67. The molecule has 1 atom stereocenters. The van der Waals surface area contributed by atoms with Crippen LogP contribution in [0, 0.1) is 6.92 Å². The molecule has 0 aliphatic carbocycles. The van der Waals surface area contributed by atoms with E-state index >= 15 is 0 Å². The summed E-state index contributed by atoms with van der Waals surface area (Å²) in [7, 11) is 0. The van der Waals surface area contributed by atoms with Crippen LogP contribution >= 0.6 is 0 Å². The summed E-state index contributed by atoms with van der Waals surface area (Å²) in [4.78, 5) is 20.5. The molecule has 3 saturated heterocycles. The molecule has 3 heterocycles. The van der Waals surface area contributed by atoms with Gasteiger partial charge in [-0.3, -0.25) is 14.6 Å². The molecule has 5 heteroatoms. The SMILES string of the molecule is Cc1ccc(N2CCCC3(CCCN3CCN3CCOCC3)C2=O)cc1. The maximum absolute atomic E-state index is 13.5. The molecule has 0 radical (unpaired) electrons. The molecule has 5 nitrogen and oxygen atoms in total. The van der Waals surface area contributed by atoms with E-state index < -0.39 is 0 Å². The zero-order valence-corrected chi connectivity index (χ0v) is 16.0. The lowest BCUT2D eigenvalue weighted by Crippen LogP contribution is -2.61. The van der Waals surface area contributed by atoms with Gasteiger partial charge in [-0.1, -0.05) is 17.7 Å². The van der Waals surface area contributed by atoms with Crippen molar-refractivity contribution in [1.82, 2.24) is 9.80 Å². The Morgan fingerprint density at radius 2 is 1.65 bits per heavy atom. The smallest absolute Gasteiger partial charge is 0.247 e. The van der Waals surface area contributed by atoms with E-state index in [1.165, 1.54) is 5.56 Å². The van der Waals surface area contributed by atoms with Gasteiger partial charge in [-0.05, 0) is 51.3 Å². The average Bonchev–Trinajstić information content (AvgIpc) is 3.07. The van der Waals surface area contributed by atoms with Crippen molar-refractivity contribution in [2.45, 2.75) is 38.1 Å². The summed E-state index contributed by atoms with van der Waals surface area (Å²) >= 11 is 0. The van der Waals surface area contributed by atoms with Crippen LogP contribution in [0.3, 0.4) is 0 Å². The van der Waals surface area contributed by atoms with Crippen molar-refractivity contribution >= 4 is 11.6 Å². The highest BCUT2D eigenvalue weighted by molar-refractivity contribution is 6.01. The van der Waals surface area contributed by atoms with Crippen LogP contribution in [0.4, 0.5) is 5.69 Å². The predicted molar refractivity (Wildman–Crippen MR) is 104 cm³/mol. The molecule has 3 aliphatic heterocycles. The number of ether oxygens (including phenoxy) is 1.